The van der Waals surface area contributed by atoms with Crippen LogP contribution in [0.5, 0.6) is 5.75 Å². The number of ether oxygens (including phenoxy) is 1. The van der Waals surface area contributed by atoms with Crippen molar-refractivity contribution in [1.29, 1.82) is 0 Å². The molecule has 3 aromatic rings. The fraction of sp³-hybridized carbons (Fsp3) is 0.333. The van der Waals surface area contributed by atoms with E-state index in [4.69, 9.17) is 4.74 Å². The second-order valence-corrected chi connectivity index (χ2v) is 12.1. The number of amides is 2. The quantitative estimate of drug-likeness (QED) is 0.234. The van der Waals surface area contributed by atoms with Gasteiger partial charge in [-0.3, -0.25) is 24.0 Å². The molecular weight excluding hydrogens is 560 g/mol. The number of rotatable bonds is 13. The molecule has 0 aliphatic carbocycles. The molecule has 3 aromatic carbocycles. The minimum Gasteiger partial charge on any atom is -0.497 e. The summed E-state index contributed by atoms with van der Waals surface area (Å²) in [5, 5.41) is 14.3. The van der Waals surface area contributed by atoms with Gasteiger partial charge < -0.3 is 15.0 Å². The molecule has 224 valence electrons. The minimum atomic E-state index is -4.08. The van der Waals surface area contributed by atoms with Gasteiger partial charge in [0.2, 0.25) is 21.8 Å². The summed E-state index contributed by atoms with van der Waals surface area (Å²) in [5.41, 5.74) is 1.59. The number of carbonyl (C=O) groups excluding carboxylic acids is 2. The van der Waals surface area contributed by atoms with E-state index in [1.165, 1.54) is 24.1 Å². The lowest BCUT2D eigenvalue weighted by Gasteiger charge is -2.34. The van der Waals surface area contributed by atoms with Crippen LogP contribution in [0.3, 0.4) is 0 Å². The van der Waals surface area contributed by atoms with Crippen LogP contribution in [0.25, 0.3) is 0 Å². The van der Waals surface area contributed by atoms with Crippen LogP contribution < -0.4 is 14.4 Å². The SMILES string of the molecule is COc1cccc(CN(C(=O)CN(c2cc([N+](=O)[O-])ccc2C)S(C)(=O)=O)C(Cc2ccccc2)C(=O)NC(C)C)c1. The molecule has 1 atom stereocenters. The van der Waals surface area contributed by atoms with Gasteiger partial charge in [-0.05, 0) is 49.6 Å². The van der Waals surface area contributed by atoms with Crippen molar-refractivity contribution in [3.8, 4) is 5.75 Å². The van der Waals surface area contributed by atoms with Gasteiger partial charge >= 0.3 is 0 Å². The number of benzene rings is 3. The predicted octanol–water partition coefficient (Wildman–Crippen LogP) is 3.84. The van der Waals surface area contributed by atoms with Gasteiger partial charge in [0.05, 0.1) is 24.0 Å². The van der Waals surface area contributed by atoms with Crippen molar-refractivity contribution in [2.24, 2.45) is 0 Å². The molecule has 0 aliphatic rings. The third-order valence-electron chi connectivity index (χ3n) is 6.54. The molecule has 2 amide bonds. The molecule has 11 nitrogen and oxygen atoms in total. The number of nitro benzene ring substituents is 1. The van der Waals surface area contributed by atoms with E-state index in [0.717, 1.165) is 22.2 Å². The standard InChI is InChI=1S/C30H36N4O7S/c1-21(2)31-30(36)28(17-23-10-7-6-8-11-23)32(19-24-12-9-13-26(16-24)41-4)29(35)20-33(42(5,39)40)27-18-25(34(37)38)15-14-22(27)3/h6-16,18,21,28H,17,19-20H2,1-5H3,(H,31,36). The van der Waals surface area contributed by atoms with Crippen LogP contribution in [0.2, 0.25) is 0 Å². The predicted molar refractivity (Wildman–Crippen MR) is 161 cm³/mol. The first-order chi connectivity index (χ1) is 19.8. The van der Waals surface area contributed by atoms with Crippen LogP contribution in [-0.4, -0.2) is 62.0 Å². The Morgan fingerprint density at radius 3 is 2.26 bits per heavy atom. The summed E-state index contributed by atoms with van der Waals surface area (Å²) in [7, 11) is -2.56. The van der Waals surface area contributed by atoms with E-state index in [0.29, 0.717) is 16.9 Å². The second kappa shape index (κ2) is 13.9. The van der Waals surface area contributed by atoms with E-state index < -0.39 is 39.3 Å². The normalized spacial score (nSPS) is 12.0. The fourth-order valence-electron chi connectivity index (χ4n) is 4.48. The number of aryl methyl sites for hydroxylation is 1. The summed E-state index contributed by atoms with van der Waals surface area (Å²) in [6, 6.07) is 18.8. The van der Waals surface area contributed by atoms with Gasteiger partial charge in [-0.25, -0.2) is 8.42 Å². The van der Waals surface area contributed by atoms with E-state index in [2.05, 4.69) is 5.32 Å². The first-order valence-corrected chi connectivity index (χ1v) is 15.1. The maximum atomic E-state index is 14.2. The first kappa shape index (κ1) is 32.1. The Balaban J connectivity index is 2.12. The van der Waals surface area contributed by atoms with Crippen molar-refractivity contribution in [1.82, 2.24) is 10.2 Å². The number of sulfonamides is 1. The average molecular weight is 597 g/mol. The zero-order valence-corrected chi connectivity index (χ0v) is 25.1. The number of nitrogens with zero attached hydrogens (tertiary/aromatic N) is 3. The van der Waals surface area contributed by atoms with E-state index in [1.807, 2.05) is 44.2 Å². The number of hydrogen-bond acceptors (Lipinski definition) is 7. The molecule has 0 aliphatic heterocycles. The molecule has 0 radical (unpaired) electrons. The minimum absolute atomic E-state index is 0.00706. The third kappa shape index (κ3) is 8.53. The number of anilines is 1. The van der Waals surface area contributed by atoms with E-state index in [1.54, 1.807) is 31.2 Å². The van der Waals surface area contributed by atoms with Gasteiger partial charge in [0.25, 0.3) is 5.69 Å². The average Bonchev–Trinajstić information content (AvgIpc) is 2.93. The molecule has 1 unspecified atom stereocenters. The summed E-state index contributed by atoms with van der Waals surface area (Å²) in [6.45, 7) is 4.52. The molecule has 0 saturated carbocycles. The highest BCUT2D eigenvalue weighted by atomic mass is 32.2. The lowest BCUT2D eigenvalue weighted by molar-refractivity contribution is -0.384. The molecule has 0 saturated heterocycles. The molecule has 12 heteroatoms. The molecular formula is C30H36N4O7S. The van der Waals surface area contributed by atoms with Crippen molar-refractivity contribution >= 4 is 33.2 Å². The van der Waals surface area contributed by atoms with Crippen LogP contribution in [0.1, 0.15) is 30.5 Å². The smallest absolute Gasteiger partial charge is 0.271 e. The Kier molecular flexibility index (Phi) is 10.6. The van der Waals surface area contributed by atoms with Crippen LogP contribution >= 0.6 is 0 Å². The van der Waals surface area contributed by atoms with Crippen LogP contribution in [0, 0.1) is 17.0 Å². The van der Waals surface area contributed by atoms with Gasteiger partial charge in [-0.15, -0.1) is 0 Å². The summed E-state index contributed by atoms with van der Waals surface area (Å²) in [5.74, 6) is -0.507. The second-order valence-electron chi connectivity index (χ2n) is 10.2. The van der Waals surface area contributed by atoms with Gasteiger partial charge in [0.15, 0.2) is 0 Å². The maximum absolute atomic E-state index is 14.2. The highest BCUT2D eigenvalue weighted by Crippen LogP contribution is 2.28. The number of nitrogens with one attached hydrogen (secondary N) is 1. The Morgan fingerprint density at radius 2 is 1.67 bits per heavy atom. The Hall–Kier alpha value is -4.45. The molecule has 0 aromatic heterocycles. The molecule has 0 bridgehead atoms. The molecule has 1 N–H and O–H groups in total. The lowest BCUT2D eigenvalue weighted by Crippen LogP contribution is -2.54. The lowest BCUT2D eigenvalue weighted by atomic mass is 10.0. The van der Waals surface area contributed by atoms with Gasteiger partial charge in [0, 0.05) is 31.1 Å². The number of hydrogen-bond donors (Lipinski definition) is 1. The van der Waals surface area contributed by atoms with Crippen molar-refractivity contribution in [2.75, 3.05) is 24.2 Å². The topological polar surface area (TPSA) is 139 Å². The van der Waals surface area contributed by atoms with Crippen molar-refractivity contribution in [3.05, 3.63) is 99.6 Å². The molecule has 3 rings (SSSR count). The summed E-state index contributed by atoms with van der Waals surface area (Å²) in [4.78, 5) is 39.9. The summed E-state index contributed by atoms with van der Waals surface area (Å²) in [6.07, 6.45) is 1.10. The van der Waals surface area contributed by atoms with Crippen molar-refractivity contribution in [2.45, 2.75) is 45.8 Å². The van der Waals surface area contributed by atoms with Crippen LogP contribution in [0.4, 0.5) is 11.4 Å². The first-order valence-electron chi connectivity index (χ1n) is 13.3. The number of methoxy groups -OCH3 is 1. The van der Waals surface area contributed by atoms with E-state index >= 15 is 0 Å². The van der Waals surface area contributed by atoms with Crippen molar-refractivity contribution in [3.63, 3.8) is 0 Å². The monoisotopic (exact) mass is 596 g/mol. The van der Waals surface area contributed by atoms with Crippen molar-refractivity contribution < 1.29 is 27.7 Å². The number of carbonyl (C=O) groups is 2. The van der Waals surface area contributed by atoms with E-state index in [-0.39, 0.29) is 30.4 Å². The number of nitro groups is 1. The summed E-state index contributed by atoms with van der Waals surface area (Å²) >= 11 is 0. The van der Waals surface area contributed by atoms with Gasteiger partial charge in [-0.2, -0.15) is 0 Å². The van der Waals surface area contributed by atoms with Gasteiger partial charge in [0.1, 0.15) is 18.3 Å². The zero-order chi connectivity index (χ0) is 31.0. The van der Waals surface area contributed by atoms with Gasteiger partial charge in [-0.1, -0.05) is 48.5 Å². The number of non-ortho nitro benzene ring substituents is 1. The van der Waals surface area contributed by atoms with Crippen LogP contribution in [-0.2, 0) is 32.6 Å². The zero-order valence-electron chi connectivity index (χ0n) is 24.3. The third-order valence-corrected chi connectivity index (χ3v) is 7.67. The summed E-state index contributed by atoms with van der Waals surface area (Å²) < 4.78 is 32.2. The molecule has 0 fully saturated rings. The van der Waals surface area contributed by atoms with E-state index in [9.17, 15) is 28.1 Å². The molecule has 42 heavy (non-hydrogen) atoms. The Bertz CT molecular complexity index is 1530. The highest BCUT2D eigenvalue weighted by molar-refractivity contribution is 7.92. The highest BCUT2D eigenvalue weighted by Gasteiger charge is 2.34. The molecule has 0 spiro atoms. The fourth-order valence-corrected chi connectivity index (χ4v) is 5.38. The Morgan fingerprint density at radius 1 is 1.00 bits per heavy atom. The van der Waals surface area contributed by atoms with Crippen LogP contribution in [0.15, 0.2) is 72.8 Å². The largest absolute Gasteiger partial charge is 0.497 e. The maximum Gasteiger partial charge on any atom is 0.271 e. The molecule has 0 heterocycles. The Labute approximate surface area is 246 Å².